The monoisotopic (exact) mass is 461 g/mol. The van der Waals surface area contributed by atoms with Gasteiger partial charge in [-0.15, -0.1) is 0 Å². The normalized spacial score (nSPS) is 11.3. The molecule has 0 aliphatic rings. The Kier molecular flexibility index (Phi) is 6.02. The molecule has 8 heteroatoms. The van der Waals surface area contributed by atoms with Gasteiger partial charge in [-0.05, 0) is 49.4 Å². The maximum Gasteiger partial charge on any atom is 0.244 e. The number of rotatable bonds is 6. The molecule has 0 saturated carbocycles. The lowest BCUT2D eigenvalue weighted by atomic mass is 10.2. The SMILES string of the molecule is CC(=O)Nc1ccc(NC(=O)Cn2cc(S(=O)(=O)c3ccc(C)cc3)c3ccccc32)cc1. The van der Waals surface area contributed by atoms with Crippen LogP contribution in [0.15, 0.2) is 88.8 Å². The first-order valence-electron chi connectivity index (χ1n) is 10.3. The van der Waals surface area contributed by atoms with E-state index in [4.69, 9.17) is 0 Å². The predicted octanol–water partition coefficient (Wildman–Crippen LogP) is 4.38. The van der Waals surface area contributed by atoms with E-state index in [1.807, 2.05) is 6.92 Å². The molecule has 0 spiro atoms. The Balaban J connectivity index is 1.61. The molecule has 7 nitrogen and oxygen atoms in total. The van der Waals surface area contributed by atoms with Gasteiger partial charge in [0, 0.05) is 35.4 Å². The fourth-order valence-electron chi connectivity index (χ4n) is 3.60. The van der Waals surface area contributed by atoms with E-state index in [-0.39, 0.29) is 28.2 Å². The molecule has 0 bridgehead atoms. The van der Waals surface area contributed by atoms with E-state index in [2.05, 4.69) is 10.6 Å². The van der Waals surface area contributed by atoms with Crippen LogP contribution in [0.2, 0.25) is 0 Å². The summed E-state index contributed by atoms with van der Waals surface area (Å²) in [5, 5.41) is 6.03. The topological polar surface area (TPSA) is 97.3 Å². The van der Waals surface area contributed by atoms with E-state index in [1.54, 1.807) is 77.4 Å². The number of para-hydroxylation sites is 1. The zero-order valence-electron chi connectivity index (χ0n) is 18.2. The average molecular weight is 462 g/mol. The highest BCUT2D eigenvalue weighted by Crippen LogP contribution is 2.30. The van der Waals surface area contributed by atoms with Crippen molar-refractivity contribution in [2.45, 2.75) is 30.2 Å². The van der Waals surface area contributed by atoms with Crippen LogP contribution >= 0.6 is 0 Å². The van der Waals surface area contributed by atoms with E-state index in [0.717, 1.165) is 5.56 Å². The number of nitrogens with zero attached hydrogens (tertiary/aromatic N) is 1. The number of carbonyl (C=O) groups excluding carboxylic acids is 2. The van der Waals surface area contributed by atoms with Crippen molar-refractivity contribution < 1.29 is 18.0 Å². The molecule has 0 saturated heterocycles. The van der Waals surface area contributed by atoms with Crippen LogP contribution < -0.4 is 10.6 Å². The molecular formula is C25H23N3O4S. The van der Waals surface area contributed by atoms with Crippen molar-refractivity contribution in [3.63, 3.8) is 0 Å². The fraction of sp³-hybridized carbons (Fsp3) is 0.120. The van der Waals surface area contributed by atoms with E-state index in [0.29, 0.717) is 22.3 Å². The molecule has 1 heterocycles. The Morgan fingerprint density at radius 1 is 0.848 bits per heavy atom. The van der Waals surface area contributed by atoms with Gasteiger partial charge in [0.15, 0.2) is 0 Å². The van der Waals surface area contributed by atoms with E-state index in [1.165, 1.54) is 13.1 Å². The van der Waals surface area contributed by atoms with Crippen molar-refractivity contribution in [3.8, 4) is 0 Å². The average Bonchev–Trinajstić information content (AvgIpc) is 3.14. The molecule has 0 aliphatic heterocycles. The number of aromatic nitrogens is 1. The van der Waals surface area contributed by atoms with Crippen molar-refractivity contribution in [2.24, 2.45) is 0 Å². The Morgan fingerprint density at radius 2 is 1.45 bits per heavy atom. The summed E-state index contributed by atoms with van der Waals surface area (Å²) in [5.74, 6) is -0.482. The third-order valence-corrected chi connectivity index (χ3v) is 6.97. The molecule has 0 unspecified atom stereocenters. The molecule has 33 heavy (non-hydrogen) atoms. The third kappa shape index (κ3) is 4.80. The minimum atomic E-state index is -3.76. The van der Waals surface area contributed by atoms with E-state index >= 15 is 0 Å². The molecule has 0 radical (unpaired) electrons. The van der Waals surface area contributed by atoms with Gasteiger partial charge in [0.2, 0.25) is 21.7 Å². The zero-order chi connectivity index (χ0) is 23.6. The summed E-state index contributed by atoms with van der Waals surface area (Å²) >= 11 is 0. The molecule has 4 aromatic rings. The summed E-state index contributed by atoms with van der Waals surface area (Å²) in [4.78, 5) is 24.2. The lowest BCUT2D eigenvalue weighted by Gasteiger charge is -2.08. The first-order chi connectivity index (χ1) is 15.7. The van der Waals surface area contributed by atoms with Crippen LogP contribution in [0.25, 0.3) is 10.9 Å². The minimum absolute atomic E-state index is 0.0582. The van der Waals surface area contributed by atoms with Crippen molar-refractivity contribution >= 4 is 43.9 Å². The Labute approximate surface area is 192 Å². The van der Waals surface area contributed by atoms with Gasteiger partial charge in [-0.1, -0.05) is 35.9 Å². The molecular weight excluding hydrogens is 438 g/mol. The summed E-state index contributed by atoms with van der Waals surface area (Å²) in [7, 11) is -3.76. The predicted molar refractivity (Wildman–Crippen MR) is 128 cm³/mol. The quantitative estimate of drug-likeness (QED) is 0.445. The van der Waals surface area contributed by atoms with Crippen molar-refractivity contribution in [3.05, 3.63) is 84.6 Å². The first kappa shape index (κ1) is 22.3. The van der Waals surface area contributed by atoms with Crippen molar-refractivity contribution in [1.82, 2.24) is 4.57 Å². The van der Waals surface area contributed by atoms with E-state index in [9.17, 15) is 18.0 Å². The number of carbonyl (C=O) groups is 2. The molecule has 1 aromatic heterocycles. The highest BCUT2D eigenvalue weighted by Gasteiger charge is 2.23. The summed E-state index contributed by atoms with van der Waals surface area (Å²) < 4.78 is 28.3. The van der Waals surface area contributed by atoms with Crippen LogP contribution in [0, 0.1) is 6.92 Å². The highest BCUT2D eigenvalue weighted by molar-refractivity contribution is 7.91. The van der Waals surface area contributed by atoms with Crippen molar-refractivity contribution in [2.75, 3.05) is 10.6 Å². The van der Waals surface area contributed by atoms with Gasteiger partial charge in [-0.25, -0.2) is 8.42 Å². The number of aryl methyl sites for hydroxylation is 1. The molecule has 0 atom stereocenters. The largest absolute Gasteiger partial charge is 0.337 e. The third-order valence-electron chi connectivity index (χ3n) is 5.18. The molecule has 0 aliphatic carbocycles. The fourth-order valence-corrected chi connectivity index (χ4v) is 5.07. The zero-order valence-corrected chi connectivity index (χ0v) is 19.0. The number of benzene rings is 3. The summed E-state index contributed by atoms with van der Waals surface area (Å²) in [6.45, 7) is 3.26. The number of hydrogen-bond donors (Lipinski definition) is 2. The second-order valence-corrected chi connectivity index (χ2v) is 9.68. The highest BCUT2D eigenvalue weighted by atomic mass is 32.2. The van der Waals surface area contributed by atoms with Crippen LogP contribution in [0.3, 0.4) is 0 Å². The lowest BCUT2D eigenvalue weighted by Crippen LogP contribution is -2.18. The van der Waals surface area contributed by atoms with Gasteiger partial charge >= 0.3 is 0 Å². The molecule has 168 valence electrons. The molecule has 2 amide bonds. The molecule has 3 aromatic carbocycles. The van der Waals surface area contributed by atoms with Crippen LogP contribution in [0.4, 0.5) is 11.4 Å². The van der Waals surface area contributed by atoms with Crippen LogP contribution in [0.1, 0.15) is 12.5 Å². The van der Waals surface area contributed by atoms with Gasteiger partial charge in [-0.2, -0.15) is 0 Å². The number of anilines is 2. The van der Waals surface area contributed by atoms with Gasteiger partial charge in [0.25, 0.3) is 0 Å². The first-order valence-corrected chi connectivity index (χ1v) is 11.8. The summed E-state index contributed by atoms with van der Waals surface area (Å²) in [5.41, 5.74) is 2.82. The van der Waals surface area contributed by atoms with Gasteiger partial charge in [0.1, 0.15) is 6.54 Å². The Bertz CT molecular complexity index is 1440. The number of fused-ring (bicyclic) bond motifs is 1. The molecule has 2 N–H and O–H groups in total. The van der Waals surface area contributed by atoms with Crippen LogP contribution in [-0.4, -0.2) is 24.8 Å². The second kappa shape index (κ2) is 8.91. The molecule has 0 fully saturated rings. The van der Waals surface area contributed by atoms with E-state index < -0.39 is 9.84 Å². The van der Waals surface area contributed by atoms with Gasteiger partial charge in [-0.3, -0.25) is 9.59 Å². The smallest absolute Gasteiger partial charge is 0.244 e. The second-order valence-electron chi connectivity index (χ2n) is 7.76. The maximum atomic E-state index is 13.3. The summed E-state index contributed by atoms with van der Waals surface area (Å²) in [6.07, 6.45) is 1.51. The Hall–Kier alpha value is -3.91. The standard InChI is InChI=1S/C25H23N3O4S/c1-17-7-13-21(14-8-17)33(31,32)24-15-28(23-6-4-3-5-22(23)24)16-25(30)27-20-11-9-19(10-12-20)26-18(2)29/h3-15H,16H2,1-2H3,(H,26,29)(H,27,30). The molecule has 4 rings (SSSR count). The van der Waals surface area contributed by atoms with Gasteiger partial charge in [0.05, 0.1) is 9.79 Å². The Morgan fingerprint density at radius 3 is 2.09 bits per heavy atom. The van der Waals surface area contributed by atoms with Gasteiger partial charge < -0.3 is 15.2 Å². The number of amides is 2. The van der Waals surface area contributed by atoms with Crippen molar-refractivity contribution in [1.29, 1.82) is 0 Å². The lowest BCUT2D eigenvalue weighted by molar-refractivity contribution is -0.116. The summed E-state index contributed by atoms with van der Waals surface area (Å²) in [6, 6.07) is 20.6. The number of nitrogens with one attached hydrogen (secondary N) is 2. The minimum Gasteiger partial charge on any atom is -0.337 e. The number of hydrogen-bond acceptors (Lipinski definition) is 4. The maximum absolute atomic E-state index is 13.3. The number of sulfone groups is 1. The van der Waals surface area contributed by atoms with Crippen LogP contribution in [0.5, 0.6) is 0 Å². The van der Waals surface area contributed by atoms with Crippen LogP contribution in [-0.2, 0) is 26.0 Å².